The maximum Gasteiger partial charge on any atom is 0.416 e. The van der Waals surface area contributed by atoms with Crippen LogP contribution in [0.3, 0.4) is 0 Å². The first-order valence-corrected chi connectivity index (χ1v) is 13.8. The molecule has 0 radical (unpaired) electrons. The summed E-state index contributed by atoms with van der Waals surface area (Å²) in [6.07, 6.45) is 11.1. The van der Waals surface area contributed by atoms with Crippen LogP contribution in [0.25, 0.3) is 0 Å². The number of anilines is 1. The number of benzene rings is 2. The van der Waals surface area contributed by atoms with Crippen molar-refractivity contribution in [1.82, 2.24) is 0 Å². The summed E-state index contributed by atoms with van der Waals surface area (Å²) >= 11 is 0. The van der Waals surface area contributed by atoms with E-state index in [1.807, 2.05) is 0 Å². The molecule has 1 amide bonds. The van der Waals surface area contributed by atoms with E-state index in [9.17, 15) is 22.8 Å². The van der Waals surface area contributed by atoms with Crippen molar-refractivity contribution in [2.75, 3.05) is 5.32 Å². The number of nitrogens with one attached hydrogen (secondary N) is 1. The first-order chi connectivity index (χ1) is 18.7. The van der Waals surface area contributed by atoms with Crippen LogP contribution in [-0.2, 0) is 33.5 Å². The molecule has 0 aliphatic carbocycles. The highest BCUT2D eigenvalue weighted by molar-refractivity contribution is 5.90. The molecule has 39 heavy (non-hydrogen) atoms. The Morgan fingerprint density at radius 3 is 2.10 bits per heavy atom. The van der Waals surface area contributed by atoms with Crippen LogP contribution in [-0.4, -0.2) is 17.9 Å². The van der Waals surface area contributed by atoms with Crippen molar-refractivity contribution < 1.29 is 27.5 Å². The number of rotatable bonds is 17. The van der Waals surface area contributed by atoms with Gasteiger partial charge >= 0.3 is 12.1 Å². The predicted molar refractivity (Wildman–Crippen MR) is 149 cm³/mol. The molecule has 2 rings (SSSR count). The minimum atomic E-state index is -4.42. The first-order valence-electron chi connectivity index (χ1n) is 13.8. The van der Waals surface area contributed by atoms with Gasteiger partial charge in [-0.2, -0.15) is 13.2 Å². The van der Waals surface area contributed by atoms with Crippen LogP contribution >= 0.6 is 0 Å². The summed E-state index contributed by atoms with van der Waals surface area (Å²) < 4.78 is 43.1. The Morgan fingerprint density at radius 2 is 1.46 bits per heavy atom. The highest BCUT2D eigenvalue weighted by atomic mass is 19.4. The summed E-state index contributed by atoms with van der Waals surface area (Å²) in [5.74, 6) is -0.666. The second-order valence-corrected chi connectivity index (χ2v) is 9.78. The summed E-state index contributed by atoms with van der Waals surface area (Å²) in [6.45, 7) is 2.04. The van der Waals surface area contributed by atoms with Gasteiger partial charge in [0.25, 0.3) is 0 Å². The molecule has 0 heterocycles. The van der Waals surface area contributed by atoms with Gasteiger partial charge in [-0.25, -0.2) is 0 Å². The molecule has 8 heteroatoms. The second-order valence-electron chi connectivity index (χ2n) is 9.78. The second kappa shape index (κ2) is 17.5. The van der Waals surface area contributed by atoms with Crippen LogP contribution in [0, 0.1) is 0 Å². The van der Waals surface area contributed by atoms with Gasteiger partial charge in [-0.1, -0.05) is 75.4 Å². The topological polar surface area (TPSA) is 81.4 Å². The highest BCUT2D eigenvalue weighted by Gasteiger charge is 2.30. The van der Waals surface area contributed by atoms with Crippen LogP contribution in [0.15, 0.2) is 60.7 Å². The van der Waals surface area contributed by atoms with Gasteiger partial charge in [0.05, 0.1) is 5.56 Å². The minimum Gasteiger partial charge on any atom is -0.460 e. The number of amides is 1. The zero-order chi connectivity index (χ0) is 28.5. The van der Waals surface area contributed by atoms with Gasteiger partial charge in [0.1, 0.15) is 12.6 Å². The summed E-state index contributed by atoms with van der Waals surface area (Å²) in [6, 6.07) is 10.6. The van der Waals surface area contributed by atoms with Gasteiger partial charge in [0, 0.05) is 12.1 Å². The number of esters is 1. The van der Waals surface area contributed by atoms with E-state index >= 15 is 0 Å². The molecule has 1 unspecified atom stereocenters. The molecule has 0 bridgehead atoms. The van der Waals surface area contributed by atoms with E-state index in [0.717, 1.165) is 43.4 Å². The number of allylic oxidation sites excluding steroid dienone is 2. The monoisotopic (exact) mass is 546 g/mol. The molecule has 0 aliphatic rings. The average Bonchev–Trinajstić information content (AvgIpc) is 2.91. The van der Waals surface area contributed by atoms with Crippen molar-refractivity contribution in [1.29, 1.82) is 0 Å². The molecule has 0 aromatic heterocycles. The van der Waals surface area contributed by atoms with Crippen LogP contribution in [0.5, 0.6) is 0 Å². The Kier molecular flexibility index (Phi) is 14.4. The van der Waals surface area contributed by atoms with Gasteiger partial charge in [-0.3, -0.25) is 9.59 Å². The summed E-state index contributed by atoms with van der Waals surface area (Å²) in [5.41, 5.74) is 7.10. The molecule has 0 spiro atoms. The van der Waals surface area contributed by atoms with Gasteiger partial charge in [0.2, 0.25) is 5.91 Å². The first kappa shape index (κ1) is 32.1. The zero-order valence-corrected chi connectivity index (χ0v) is 22.8. The molecule has 0 saturated heterocycles. The van der Waals surface area contributed by atoms with Crippen molar-refractivity contribution in [3.05, 3.63) is 77.4 Å². The van der Waals surface area contributed by atoms with Crippen molar-refractivity contribution in [2.24, 2.45) is 5.73 Å². The fourth-order valence-electron chi connectivity index (χ4n) is 3.97. The lowest BCUT2D eigenvalue weighted by Crippen LogP contribution is -2.34. The molecule has 0 fully saturated rings. The predicted octanol–water partition coefficient (Wildman–Crippen LogP) is 7.73. The normalized spacial score (nSPS) is 12.4. The Bertz CT molecular complexity index is 1020. The molecule has 0 aliphatic heterocycles. The van der Waals surface area contributed by atoms with E-state index in [1.54, 1.807) is 24.3 Å². The largest absolute Gasteiger partial charge is 0.460 e. The molecular weight excluding hydrogens is 505 g/mol. The van der Waals surface area contributed by atoms with Gasteiger partial charge in [-0.15, -0.1) is 0 Å². The number of carbonyl (C=O) groups excluding carboxylic acids is 2. The Labute approximate surface area is 230 Å². The number of alkyl halides is 3. The zero-order valence-electron chi connectivity index (χ0n) is 22.8. The Balaban J connectivity index is 1.62. The summed E-state index contributed by atoms with van der Waals surface area (Å²) in [7, 11) is 0. The number of unbranched alkanes of at least 4 members (excludes halogenated alkanes) is 7. The third-order valence-corrected chi connectivity index (χ3v) is 6.32. The fraction of sp³-hybridized carbons (Fsp3) is 0.484. The third kappa shape index (κ3) is 13.5. The molecule has 5 nitrogen and oxygen atoms in total. The standard InChI is InChI=1S/C31H41F3N2O3/c1-2-3-4-5-6-7-8-9-10-11-12-13-29(37)36-27-20-16-24(17-21-27)22-28(35)30(38)39-23-25-14-18-26(19-15-25)31(32,33)34/h5-6,14-21,28H,2-4,7-13,22-23,35H2,1H3,(H,36,37)/b6-5+. The van der Waals surface area contributed by atoms with Crippen molar-refractivity contribution in [3.8, 4) is 0 Å². The fourth-order valence-corrected chi connectivity index (χ4v) is 3.97. The molecular formula is C31H41F3N2O3. The van der Waals surface area contributed by atoms with Crippen LogP contribution in [0.4, 0.5) is 18.9 Å². The van der Waals surface area contributed by atoms with E-state index < -0.39 is 23.8 Å². The SMILES string of the molecule is CCCC/C=C/CCCCCCCC(=O)Nc1ccc(CC(N)C(=O)OCc2ccc(C(F)(F)F)cc2)cc1. The summed E-state index contributed by atoms with van der Waals surface area (Å²) in [4.78, 5) is 24.4. The Morgan fingerprint density at radius 1 is 0.872 bits per heavy atom. The molecule has 3 N–H and O–H groups in total. The highest BCUT2D eigenvalue weighted by Crippen LogP contribution is 2.29. The lowest BCUT2D eigenvalue weighted by atomic mass is 10.1. The quantitative estimate of drug-likeness (QED) is 0.121. The molecule has 0 saturated carbocycles. The van der Waals surface area contributed by atoms with Gasteiger partial charge < -0.3 is 15.8 Å². The maximum atomic E-state index is 12.6. The third-order valence-electron chi connectivity index (χ3n) is 6.32. The molecule has 2 aromatic carbocycles. The van der Waals surface area contributed by atoms with Crippen LogP contribution < -0.4 is 11.1 Å². The van der Waals surface area contributed by atoms with Gasteiger partial charge in [-0.05, 0) is 67.5 Å². The smallest absolute Gasteiger partial charge is 0.416 e. The lowest BCUT2D eigenvalue weighted by molar-refractivity contribution is -0.146. The van der Waals surface area contributed by atoms with Crippen LogP contribution in [0.1, 0.15) is 87.8 Å². The van der Waals surface area contributed by atoms with E-state index in [0.29, 0.717) is 17.7 Å². The number of nitrogens with two attached hydrogens (primary N) is 1. The number of hydrogen-bond donors (Lipinski definition) is 2. The number of carbonyl (C=O) groups is 2. The molecule has 2 aromatic rings. The molecule has 214 valence electrons. The number of halogens is 3. The maximum absolute atomic E-state index is 12.6. The molecule has 1 atom stereocenters. The van der Waals surface area contributed by atoms with E-state index in [2.05, 4.69) is 24.4 Å². The lowest BCUT2D eigenvalue weighted by Gasteiger charge is -2.13. The number of hydrogen-bond acceptors (Lipinski definition) is 4. The Hall–Kier alpha value is -3.13. The van der Waals surface area contributed by atoms with Crippen molar-refractivity contribution >= 4 is 17.6 Å². The average molecular weight is 547 g/mol. The number of ether oxygens (including phenoxy) is 1. The minimum absolute atomic E-state index is 0.0230. The van der Waals surface area contributed by atoms with E-state index in [1.165, 1.54) is 44.2 Å². The van der Waals surface area contributed by atoms with E-state index in [4.69, 9.17) is 10.5 Å². The van der Waals surface area contributed by atoms with Crippen molar-refractivity contribution in [2.45, 2.75) is 96.4 Å². The van der Waals surface area contributed by atoms with Crippen LogP contribution in [0.2, 0.25) is 0 Å². The summed E-state index contributed by atoms with van der Waals surface area (Å²) in [5, 5.41) is 2.89. The van der Waals surface area contributed by atoms with E-state index in [-0.39, 0.29) is 18.9 Å². The van der Waals surface area contributed by atoms with Crippen molar-refractivity contribution in [3.63, 3.8) is 0 Å². The van der Waals surface area contributed by atoms with Gasteiger partial charge in [0.15, 0.2) is 0 Å².